The second kappa shape index (κ2) is 13.7. The van der Waals surface area contributed by atoms with E-state index in [1.165, 1.54) is 0 Å². The largest absolute Gasteiger partial charge is 0.540 e. The van der Waals surface area contributed by atoms with Crippen LogP contribution in [0.2, 0.25) is 0 Å². The van der Waals surface area contributed by atoms with Gasteiger partial charge in [0, 0.05) is 0 Å². The number of nitrogens with zero attached hydrogens (tertiary/aromatic N) is 4. The van der Waals surface area contributed by atoms with E-state index in [1.807, 2.05) is 0 Å². The van der Waals surface area contributed by atoms with E-state index >= 15 is 0 Å². The number of rotatable bonds is 12. The van der Waals surface area contributed by atoms with Crippen LogP contribution in [0.5, 0.6) is 0 Å². The van der Waals surface area contributed by atoms with E-state index in [0.717, 1.165) is 0 Å². The predicted octanol–water partition coefficient (Wildman–Crippen LogP) is 5.33. The van der Waals surface area contributed by atoms with E-state index in [1.54, 1.807) is 55.4 Å². The van der Waals surface area contributed by atoms with Crippen molar-refractivity contribution in [1.82, 2.24) is 0 Å². The number of hydrogen-bond acceptors (Lipinski definition) is 12. The maximum Gasteiger partial charge on any atom is 0.540 e. The Bertz CT molecular complexity index is 712. The zero-order valence-corrected chi connectivity index (χ0v) is 21.3. The van der Waals surface area contributed by atoms with Crippen LogP contribution in [0.3, 0.4) is 0 Å². The third-order valence-corrected chi connectivity index (χ3v) is 3.75. The molecule has 0 aliphatic heterocycles. The molecule has 0 saturated carbocycles. The lowest BCUT2D eigenvalue weighted by Gasteiger charge is -2.20. The Morgan fingerprint density at radius 2 is 1.00 bits per heavy atom. The highest BCUT2D eigenvalue weighted by atomic mass is 17.2. The van der Waals surface area contributed by atoms with Crippen LogP contribution in [0.1, 0.15) is 81.1 Å². The summed E-state index contributed by atoms with van der Waals surface area (Å²) >= 11 is 0. The predicted molar refractivity (Wildman–Crippen MR) is 118 cm³/mol. The fourth-order valence-electron chi connectivity index (χ4n) is 1.99. The number of ether oxygens (including phenoxy) is 2. The summed E-state index contributed by atoms with van der Waals surface area (Å²) in [6, 6.07) is 4.10. The lowest BCUT2D eigenvalue weighted by molar-refractivity contribution is -0.312. The summed E-state index contributed by atoms with van der Waals surface area (Å²) in [7, 11) is 0. The van der Waals surface area contributed by atoms with Gasteiger partial charge in [-0.25, -0.2) is 9.59 Å². The van der Waals surface area contributed by atoms with Crippen molar-refractivity contribution in [3.63, 3.8) is 0 Å². The van der Waals surface area contributed by atoms with Crippen molar-refractivity contribution in [3.05, 3.63) is 0 Å². The van der Waals surface area contributed by atoms with Crippen LogP contribution in [0.25, 0.3) is 0 Å². The van der Waals surface area contributed by atoms with Crippen molar-refractivity contribution in [2.75, 3.05) is 13.2 Å². The number of carbonyl (C=O) groups is 2. The van der Waals surface area contributed by atoms with Gasteiger partial charge in [-0.1, -0.05) is 0 Å². The molecule has 0 amide bonds. The lowest BCUT2D eigenvalue weighted by Crippen LogP contribution is -2.25. The highest BCUT2D eigenvalue weighted by Gasteiger charge is 2.28. The van der Waals surface area contributed by atoms with Crippen LogP contribution in [0.15, 0.2) is 10.2 Å². The summed E-state index contributed by atoms with van der Waals surface area (Å²) in [4.78, 5) is 41.7. The van der Waals surface area contributed by atoms with Crippen molar-refractivity contribution in [3.8, 4) is 12.1 Å². The Hall–Kier alpha value is -2.96. The van der Waals surface area contributed by atoms with Gasteiger partial charge in [0.15, 0.2) is 11.1 Å². The smallest absolute Gasteiger partial charge is 0.432 e. The maximum absolute atomic E-state index is 11.5. The average Bonchev–Trinajstić information content (AvgIpc) is 2.74. The quantitative estimate of drug-likeness (QED) is 0.116. The van der Waals surface area contributed by atoms with Gasteiger partial charge in [-0.15, -0.1) is 0 Å². The molecule has 0 N–H and O–H groups in total. The van der Waals surface area contributed by atoms with E-state index in [-0.39, 0.29) is 26.1 Å². The Morgan fingerprint density at radius 3 is 1.26 bits per heavy atom. The molecule has 0 aromatic carbocycles. The van der Waals surface area contributed by atoms with E-state index in [2.05, 4.69) is 32.1 Å². The summed E-state index contributed by atoms with van der Waals surface area (Å²) in [6.45, 7) is 13.4. The highest BCUT2D eigenvalue weighted by molar-refractivity contribution is 5.59. The molecule has 2 atom stereocenters. The van der Waals surface area contributed by atoms with Gasteiger partial charge < -0.3 is 9.47 Å². The molecular weight excluding hydrogens is 448 g/mol. The standard InChI is InChI=1S/C22H36N4O8/c1-19(2,3)33-31-17(27)29-13-9-11-21(7,15-23)25-26-22(8,16-24)12-10-14-30-18(28)32-34-20(4,5)6/h9-14H2,1-8H3. The molecule has 0 aliphatic carbocycles. The first-order valence-electron chi connectivity index (χ1n) is 10.8. The Balaban J connectivity index is 4.53. The molecule has 0 aromatic rings. The normalized spacial score (nSPS) is 15.4. The average molecular weight is 485 g/mol. The highest BCUT2D eigenvalue weighted by Crippen LogP contribution is 2.23. The van der Waals surface area contributed by atoms with E-state index in [9.17, 15) is 20.1 Å². The van der Waals surface area contributed by atoms with Gasteiger partial charge >= 0.3 is 12.3 Å². The van der Waals surface area contributed by atoms with E-state index < -0.39 is 34.6 Å². The van der Waals surface area contributed by atoms with Gasteiger partial charge in [-0.3, -0.25) is 9.78 Å². The van der Waals surface area contributed by atoms with Gasteiger partial charge in [-0.2, -0.15) is 30.5 Å². The van der Waals surface area contributed by atoms with Crippen molar-refractivity contribution in [2.45, 2.75) is 103 Å². The van der Waals surface area contributed by atoms with Gasteiger partial charge in [0.25, 0.3) is 0 Å². The minimum Gasteiger partial charge on any atom is -0.432 e. The van der Waals surface area contributed by atoms with E-state index in [0.29, 0.717) is 12.8 Å². The summed E-state index contributed by atoms with van der Waals surface area (Å²) < 4.78 is 9.77. The molecule has 0 bridgehead atoms. The molecule has 0 fully saturated rings. The van der Waals surface area contributed by atoms with Gasteiger partial charge in [-0.05, 0) is 81.1 Å². The molecule has 0 aliphatic rings. The van der Waals surface area contributed by atoms with Crippen LogP contribution in [-0.4, -0.2) is 47.8 Å². The Labute approximate surface area is 200 Å². The molecule has 2 unspecified atom stereocenters. The molecule has 0 spiro atoms. The molecule has 12 nitrogen and oxygen atoms in total. The molecule has 0 saturated heterocycles. The molecule has 12 heteroatoms. The Kier molecular flexibility index (Phi) is 12.5. The van der Waals surface area contributed by atoms with Gasteiger partial charge in [0.2, 0.25) is 0 Å². The van der Waals surface area contributed by atoms with Crippen LogP contribution in [0.4, 0.5) is 9.59 Å². The number of carbonyl (C=O) groups excluding carboxylic acids is 2. The van der Waals surface area contributed by atoms with Crippen LogP contribution in [0, 0.1) is 22.7 Å². The third-order valence-electron chi connectivity index (χ3n) is 3.75. The fraction of sp³-hybridized carbons (Fsp3) is 0.818. The first kappa shape index (κ1) is 31.0. The lowest BCUT2D eigenvalue weighted by atomic mass is 9.98. The molecular formula is C22H36N4O8. The van der Waals surface area contributed by atoms with Crippen molar-refractivity contribution in [1.29, 1.82) is 10.5 Å². The van der Waals surface area contributed by atoms with Gasteiger partial charge in [0.1, 0.15) is 11.2 Å². The van der Waals surface area contributed by atoms with E-state index in [4.69, 9.17) is 19.2 Å². The second-order valence-electron chi connectivity index (χ2n) is 9.93. The van der Waals surface area contributed by atoms with Crippen LogP contribution < -0.4 is 0 Å². The zero-order valence-electron chi connectivity index (χ0n) is 21.3. The molecule has 0 radical (unpaired) electrons. The maximum atomic E-state index is 11.5. The first-order chi connectivity index (χ1) is 15.5. The Morgan fingerprint density at radius 1 is 0.676 bits per heavy atom. The first-order valence-corrected chi connectivity index (χ1v) is 10.8. The minimum atomic E-state index is -1.22. The van der Waals surface area contributed by atoms with Gasteiger partial charge in [0.05, 0.1) is 25.4 Å². The summed E-state index contributed by atoms with van der Waals surface area (Å²) in [5, 5.41) is 27.1. The SMILES string of the molecule is CC(C#N)(CCCOC(=O)OOC(C)(C)C)N=NC(C)(C#N)CCCOC(=O)OOC(C)(C)C. The topological polar surface area (TPSA) is 162 Å². The third kappa shape index (κ3) is 15.8. The summed E-state index contributed by atoms with van der Waals surface area (Å²) in [5.74, 6) is 0. The van der Waals surface area contributed by atoms with Crippen molar-refractivity contribution < 1.29 is 38.6 Å². The molecule has 0 heterocycles. The minimum absolute atomic E-state index is 0.0129. The molecule has 34 heavy (non-hydrogen) atoms. The molecule has 192 valence electrons. The zero-order chi connectivity index (χ0) is 26.5. The molecule has 0 rings (SSSR count). The van der Waals surface area contributed by atoms with Crippen LogP contribution >= 0.6 is 0 Å². The number of hydrogen-bond donors (Lipinski definition) is 0. The summed E-state index contributed by atoms with van der Waals surface area (Å²) in [6.07, 6.45) is -0.894. The number of nitriles is 2. The number of azo groups is 1. The summed E-state index contributed by atoms with van der Waals surface area (Å²) in [5.41, 5.74) is -3.78. The molecule has 0 aromatic heterocycles. The van der Waals surface area contributed by atoms with Crippen molar-refractivity contribution >= 4 is 12.3 Å². The fourth-order valence-corrected chi connectivity index (χ4v) is 1.99. The van der Waals surface area contributed by atoms with Crippen LogP contribution in [-0.2, 0) is 29.0 Å². The van der Waals surface area contributed by atoms with Crippen molar-refractivity contribution in [2.24, 2.45) is 10.2 Å². The monoisotopic (exact) mass is 484 g/mol. The second-order valence-corrected chi connectivity index (χ2v) is 9.93.